The summed E-state index contributed by atoms with van der Waals surface area (Å²) in [5, 5.41) is 11.3. The van der Waals surface area contributed by atoms with Gasteiger partial charge in [0.2, 0.25) is 0 Å². The van der Waals surface area contributed by atoms with Gasteiger partial charge >= 0.3 is 0 Å². The third-order valence-electron chi connectivity index (χ3n) is 2.18. The second kappa shape index (κ2) is 4.10. The summed E-state index contributed by atoms with van der Waals surface area (Å²) in [6.45, 7) is 4.40. The Bertz CT molecular complexity index is 236. The van der Waals surface area contributed by atoms with E-state index in [9.17, 15) is 0 Å². The molecule has 0 saturated heterocycles. The van der Waals surface area contributed by atoms with Crippen LogP contribution in [-0.4, -0.2) is 11.4 Å². The van der Waals surface area contributed by atoms with Crippen LogP contribution in [0.4, 0.5) is 0 Å². The van der Waals surface area contributed by atoms with Gasteiger partial charge in [0.15, 0.2) is 0 Å². The maximum absolute atomic E-state index is 8.30. The molecule has 0 aromatic carbocycles. The first-order valence-electron chi connectivity index (χ1n) is 4.31. The van der Waals surface area contributed by atoms with Crippen LogP contribution in [0.3, 0.4) is 0 Å². The molecule has 1 aliphatic carbocycles. The molecule has 0 aromatic heterocycles. The maximum Gasteiger partial charge on any atom is 0.0693 e. The Labute approximate surface area is 73.3 Å². The molecular formula is C10H15NO. The van der Waals surface area contributed by atoms with Gasteiger partial charge in [-0.15, -0.1) is 0 Å². The van der Waals surface area contributed by atoms with Crippen LogP contribution in [0.15, 0.2) is 28.5 Å². The smallest absolute Gasteiger partial charge is 0.0693 e. The fourth-order valence-electron chi connectivity index (χ4n) is 1.33. The first-order valence-corrected chi connectivity index (χ1v) is 4.31. The molecule has 0 aromatic rings. The second-order valence-electron chi connectivity index (χ2n) is 3.38. The monoisotopic (exact) mass is 165 g/mol. The van der Waals surface area contributed by atoms with Crippen molar-refractivity contribution in [1.29, 1.82) is 0 Å². The van der Waals surface area contributed by atoms with E-state index >= 15 is 0 Å². The van der Waals surface area contributed by atoms with Crippen molar-refractivity contribution in [3.63, 3.8) is 0 Å². The second-order valence-corrected chi connectivity index (χ2v) is 3.38. The average molecular weight is 165 g/mol. The first-order chi connectivity index (χ1) is 5.74. The highest BCUT2D eigenvalue weighted by molar-refractivity contribution is 5.78. The third kappa shape index (κ3) is 2.22. The molecule has 0 atom stereocenters. The van der Waals surface area contributed by atoms with Gasteiger partial charge in [0.05, 0.1) is 6.21 Å². The molecule has 0 saturated carbocycles. The zero-order valence-corrected chi connectivity index (χ0v) is 7.62. The van der Waals surface area contributed by atoms with Crippen LogP contribution in [0, 0.1) is 5.92 Å². The minimum Gasteiger partial charge on any atom is -0.411 e. The molecule has 0 unspecified atom stereocenters. The molecule has 1 rings (SSSR count). The molecule has 0 spiro atoms. The topological polar surface area (TPSA) is 32.6 Å². The Morgan fingerprint density at radius 2 is 2.17 bits per heavy atom. The van der Waals surface area contributed by atoms with E-state index < -0.39 is 0 Å². The number of allylic oxidation sites excluding steroid dienone is 4. The van der Waals surface area contributed by atoms with E-state index in [0.29, 0.717) is 5.92 Å². The highest BCUT2D eigenvalue weighted by Gasteiger charge is 2.07. The van der Waals surface area contributed by atoms with Crippen molar-refractivity contribution in [2.45, 2.75) is 26.7 Å². The van der Waals surface area contributed by atoms with Gasteiger partial charge in [-0.05, 0) is 24.3 Å². The van der Waals surface area contributed by atoms with Crippen molar-refractivity contribution in [1.82, 2.24) is 0 Å². The SMILES string of the molecule is CC(C)C1=CC=C(/C=N/O)CC1. The van der Waals surface area contributed by atoms with E-state index in [4.69, 9.17) is 5.21 Å². The Morgan fingerprint density at radius 3 is 2.58 bits per heavy atom. The van der Waals surface area contributed by atoms with Gasteiger partial charge in [-0.2, -0.15) is 0 Å². The third-order valence-corrected chi connectivity index (χ3v) is 2.18. The number of oxime groups is 1. The van der Waals surface area contributed by atoms with E-state index in [1.807, 2.05) is 6.08 Å². The number of nitrogens with zero attached hydrogens (tertiary/aromatic N) is 1. The van der Waals surface area contributed by atoms with E-state index in [2.05, 4.69) is 25.1 Å². The molecule has 0 amide bonds. The normalized spacial score (nSPS) is 18.2. The van der Waals surface area contributed by atoms with Gasteiger partial charge in [0.25, 0.3) is 0 Å². The fourth-order valence-corrected chi connectivity index (χ4v) is 1.33. The van der Waals surface area contributed by atoms with Gasteiger partial charge < -0.3 is 5.21 Å². The average Bonchev–Trinajstić information content (AvgIpc) is 2.06. The maximum atomic E-state index is 8.30. The van der Waals surface area contributed by atoms with Crippen molar-refractivity contribution in [3.05, 3.63) is 23.3 Å². The van der Waals surface area contributed by atoms with Crippen LogP contribution in [-0.2, 0) is 0 Å². The van der Waals surface area contributed by atoms with Gasteiger partial charge in [0.1, 0.15) is 0 Å². The van der Waals surface area contributed by atoms with E-state index in [1.54, 1.807) is 0 Å². The quantitative estimate of drug-likeness (QED) is 0.381. The molecule has 2 heteroatoms. The van der Waals surface area contributed by atoms with E-state index in [1.165, 1.54) is 11.8 Å². The van der Waals surface area contributed by atoms with Crippen LogP contribution in [0.1, 0.15) is 26.7 Å². The Balaban J connectivity index is 2.66. The van der Waals surface area contributed by atoms with Crippen LogP contribution in [0.2, 0.25) is 0 Å². The van der Waals surface area contributed by atoms with Gasteiger partial charge in [0, 0.05) is 0 Å². The molecule has 12 heavy (non-hydrogen) atoms. The Hall–Kier alpha value is -1.05. The number of rotatable bonds is 2. The Morgan fingerprint density at radius 1 is 1.42 bits per heavy atom. The molecule has 1 N–H and O–H groups in total. The molecular weight excluding hydrogens is 150 g/mol. The summed E-state index contributed by atoms with van der Waals surface area (Å²) in [5.41, 5.74) is 2.58. The lowest BCUT2D eigenvalue weighted by molar-refractivity contribution is 0.321. The zero-order chi connectivity index (χ0) is 8.97. The lowest BCUT2D eigenvalue weighted by atomic mass is 9.92. The molecule has 66 valence electrons. The highest BCUT2D eigenvalue weighted by Crippen LogP contribution is 2.22. The van der Waals surface area contributed by atoms with E-state index in [0.717, 1.165) is 18.4 Å². The van der Waals surface area contributed by atoms with Gasteiger partial charge in [-0.1, -0.05) is 36.7 Å². The first kappa shape index (κ1) is 9.04. The zero-order valence-electron chi connectivity index (χ0n) is 7.62. The molecule has 0 bridgehead atoms. The summed E-state index contributed by atoms with van der Waals surface area (Å²) >= 11 is 0. The molecule has 0 aliphatic heterocycles. The summed E-state index contributed by atoms with van der Waals surface area (Å²) < 4.78 is 0. The predicted molar refractivity (Wildman–Crippen MR) is 50.5 cm³/mol. The molecule has 1 aliphatic rings. The fraction of sp³-hybridized carbons (Fsp3) is 0.500. The summed E-state index contributed by atoms with van der Waals surface area (Å²) in [5.74, 6) is 0.633. The minimum absolute atomic E-state index is 0.633. The molecule has 0 fully saturated rings. The molecule has 2 nitrogen and oxygen atoms in total. The van der Waals surface area contributed by atoms with Gasteiger partial charge in [-0.3, -0.25) is 0 Å². The van der Waals surface area contributed by atoms with E-state index in [-0.39, 0.29) is 0 Å². The van der Waals surface area contributed by atoms with Gasteiger partial charge in [-0.25, -0.2) is 0 Å². The number of hydrogen-bond donors (Lipinski definition) is 1. The lowest BCUT2D eigenvalue weighted by Gasteiger charge is -2.14. The van der Waals surface area contributed by atoms with Crippen molar-refractivity contribution >= 4 is 6.21 Å². The molecule has 0 heterocycles. The summed E-state index contributed by atoms with van der Waals surface area (Å²) in [4.78, 5) is 0. The molecule has 0 radical (unpaired) electrons. The minimum atomic E-state index is 0.633. The summed E-state index contributed by atoms with van der Waals surface area (Å²) in [7, 11) is 0. The van der Waals surface area contributed by atoms with Crippen LogP contribution < -0.4 is 0 Å². The predicted octanol–water partition coefficient (Wildman–Crippen LogP) is 2.75. The number of hydrogen-bond acceptors (Lipinski definition) is 2. The van der Waals surface area contributed by atoms with Crippen molar-refractivity contribution < 1.29 is 5.21 Å². The van der Waals surface area contributed by atoms with Crippen molar-refractivity contribution in [2.24, 2.45) is 11.1 Å². The summed E-state index contributed by atoms with van der Waals surface area (Å²) in [6.07, 6.45) is 7.75. The van der Waals surface area contributed by atoms with Crippen LogP contribution in [0.25, 0.3) is 0 Å². The van der Waals surface area contributed by atoms with Crippen LogP contribution >= 0.6 is 0 Å². The largest absolute Gasteiger partial charge is 0.411 e. The van der Waals surface area contributed by atoms with Crippen LogP contribution in [0.5, 0.6) is 0 Å². The Kier molecular flexibility index (Phi) is 3.09. The van der Waals surface area contributed by atoms with Crippen molar-refractivity contribution in [2.75, 3.05) is 0 Å². The summed E-state index contributed by atoms with van der Waals surface area (Å²) in [6, 6.07) is 0. The van der Waals surface area contributed by atoms with Crippen molar-refractivity contribution in [3.8, 4) is 0 Å². The standard InChI is InChI=1S/C10H15NO/c1-8(2)10-5-3-9(4-6-10)7-11-12/h3,5,7-8,12H,4,6H2,1-2H3/b11-7+. The highest BCUT2D eigenvalue weighted by atomic mass is 16.4. The lowest BCUT2D eigenvalue weighted by Crippen LogP contribution is -2.00.